The second-order valence-corrected chi connectivity index (χ2v) is 6.92. The molecule has 2 aromatic carbocycles. The zero-order valence-electron chi connectivity index (χ0n) is 12.7. The lowest BCUT2D eigenvalue weighted by Gasteiger charge is -2.10. The van der Waals surface area contributed by atoms with E-state index in [4.69, 9.17) is 0 Å². The zero-order chi connectivity index (χ0) is 17.7. The highest BCUT2D eigenvalue weighted by Gasteiger charge is 2.29. The number of benzene rings is 2. The molecule has 0 atom stereocenters. The Morgan fingerprint density at radius 1 is 1.12 bits per heavy atom. The van der Waals surface area contributed by atoms with Gasteiger partial charge in [-0.05, 0) is 30.7 Å². The number of amides is 1. The van der Waals surface area contributed by atoms with Gasteiger partial charge in [0.15, 0.2) is 0 Å². The highest BCUT2D eigenvalue weighted by molar-refractivity contribution is 7.91. The largest absolute Gasteiger partial charge is 0.341 e. The van der Waals surface area contributed by atoms with Crippen LogP contribution in [-0.4, -0.2) is 20.1 Å². The van der Waals surface area contributed by atoms with E-state index in [0.717, 1.165) is 17.2 Å². The molecule has 4 nitrogen and oxygen atoms in total. The molecule has 0 bridgehead atoms. The molecule has 7 heteroatoms. The summed E-state index contributed by atoms with van der Waals surface area (Å²) in [6.07, 6.45) is 2.76. The highest BCUT2D eigenvalue weighted by atomic mass is 32.2. The summed E-state index contributed by atoms with van der Waals surface area (Å²) in [5, 5.41) is 2.32. The number of hydrogen-bond donors (Lipinski definition) is 1. The maximum absolute atomic E-state index is 12.7. The van der Waals surface area contributed by atoms with Crippen molar-refractivity contribution in [2.45, 2.75) is 17.6 Å². The van der Waals surface area contributed by atoms with Gasteiger partial charge in [0.25, 0.3) is 0 Å². The molecule has 2 aromatic rings. The summed E-state index contributed by atoms with van der Waals surface area (Å²) in [5.74, 6) is -4.17. The summed E-state index contributed by atoms with van der Waals surface area (Å²) in [4.78, 5) is 11.3. The van der Waals surface area contributed by atoms with E-state index in [1.807, 2.05) is 25.1 Å². The van der Waals surface area contributed by atoms with Crippen LogP contribution < -0.4 is 5.32 Å². The molecular weight excluding hydrogens is 336 g/mol. The van der Waals surface area contributed by atoms with Crippen molar-refractivity contribution < 1.29 is 22.0 Å². The molecule has 0 radical (unpaired) electrons. The van der Waals surface area contributed by atoms with E-state index in [0.29, 0.717) is 0 Å². The molecule has 24 heavy (non-hydrogen) atoms. The van der Waals surface area contributed by atoms with Crippen molar-refractivity contribution in [2.75, 3.05) is 5.32 Å². The highest BCUT2D eigenvalue weighted by Crippen LogP contribution is 2.26. The topological polar surface area (TPSA) is 63.2 Å². The Morgan fingerprint density at radius 3 is 2.50 bits per heavy atom. The molecule has 1 amide bonds. The number of carbonyl (C=O) groups is 1. The van der Waals surface area contributed by atoms with Crippen molar-refractivity contribution in [1.29, 1.82) is 0 Å². The van der Waals surface area contributed by atoms with Gasteiger partial charge in [0.2, 0.25) is 15.7 Å². The fraction of sp³-hybridized carbons (Fsp3) is 0.118. The SMILES string of the molecule is Cc1cccc(/C=C/C(=O)Nc2ccccc2S(=O)(=O)C(F)F)c1. The van der Waals surface area contributed by atoms with E-state index in [-0.39, 0.29) is 5.69 Å². The number of carbonyl (C=O) groups excluding carboxylic acids is 1. The lowest BCUT2D eigenvalue weighted by atomic mass is 10.1. The van der Waals surface area contributed by atoms with Crippen molar-refractivity contribution in [3.8, 4) is 0 Å². The lowest BCUT2D eigenvalue weighted by Crippen LogP contribution is -2.16. The first-order valence-electron chi connectivity index (χ1n) is 6.97. The fourth-order valence-corrected chi connectivity index (χ4v) is 2.92. The maximum atomic E-state index is 12.7. The zero-order valence-corrected chi connectivity index (χ0v) is 13.6. The minimum Gasteiger partial charge on any atom is -0.321 e. The molecule has 0 heterocycles. The minimum absolute atomic E-state index is 0.184. The molecule has 1 N–H and O–H groups in total. The van der Waals surface area contributed by atoms with Gasteiger partial charge in [0.05, 0.1) is 10.6 Å². The van der Waals surface area contributed by atoms with Crippen molar-refractivity contribution in [1.82, 2.24) is 0 Å². The minimum atomic E-state index is -4.80. The molecule has 126 valence electrons. The van der Waals surface area contributed by atoms with E-state index in [2.05, 4.69) is 5.32 Å². The Morgan fingerprint density at radius 2 is 1.83 bits per heavy atom. The molecule has 0 saturated heterocycles. The number of anilines is 1. The number of sulfone groups is 1. The Bertz CT molecular complexity index is 877. The van der Waals surface area contributed by atoms with Gasteiger partial charge in [-0.2, -0.15) is 8.78 Å². The van der Waals surface area contributed by atoms with Crippen LogP contribution in [0.5, 0.6) is 0 Å². The number of nitrogens with one attached hydrogen (secondary N) is 1. The normalized spacial score (nSPS) is 11.8. The first-order valence-corrected chi connectivity index (χ1v) is 8.52. The molecule has 0 aliphatic heterocycles. The molecule has 0 fully saturated rings. The fourth-order valence-electron chi connectivity index (χ4n) is 2.03. The number of rotatable bonds is 5. The van der Waals surface area contributed by atoms with Crippen LogP contribution in [0, 0.1) is 6.92 Å². The summed E-state index contributed by atoms with van der Waals surface area (Å²) in [5.41, 5.74) is 1.63. The van der Waals surface area contributed by atoms with Crippen LogP contribution in [0.3, 0.4) is 0 Å². The Kier molecular flexibility index (Phi) is 5.46. The van der Waals surface area contributed by atoms with Gasteiger partial charge in [-0.1, -0.05) is 42.0 Å². The molecule has 0 aromatic heterocycles. The van der Waals surface area contributed by atoms with Crippen molar-refractivity contribution in [3.05, 3.63) is 65.7 Å². The van der Waals surface area contributed by atoms with E-state index < -0.39 is 26.4 Å². The van der Waals surface area contributed by atoms with Gasteiger partial charge in [-0.25, -0.2) is 8.42 Å². The maximum Gasteiger partial charge on any atom is 0.341 e. The first-order chi connectivity index (χ1) is 11.3. The molecule has 0 unspecified atom stereocenters. The Balaban J connectivity index is 2.21. The lowest BCUT2D eigenvalue weighted by molar-refractivity contribution is -0.111. The third kappa shape index (κ3) is 4.26. The van der Waals surface area contributed by atoms with Crippen molar-refractivity contribution >= 4 is 27.5 Å². The summed E-state index contributed by atoms with van der Waals surface area (Å²) in [6.45, 7) is 1.91. The predicted molar refractivity (Wildman–Crippen MR) is 88.5 cm³/mol. The molecular formula is C17H15F2NO3S. The average Bonchev–Trinajstić information content (AvgIpc) is 2.53. The predicted octanol–water partition coefficient (Wildman–Crippen LogP) is 3.64. The van der Waals surface area contributed by atoms with Crippen LogP contribution in [0.1, 0.15) is 11.1 Å². The first kappa shape index (κ1) is 17.8. The molecule has 0 aliphatic carbocycles. The van der Waals surface area contributed by atoms with Gasteiger partial charge in [-0.3, -0.25) is 4.79 Å². The van der Waals surface area contributed by atoms with Crippen LogP contribution in [0.4, 0.5) is 14.5 Å². The average molecular weight is 351 g/mol. The van der Waals surface area contributed by atoms with Crippen LogP contribution in [0.2, 0.25) is 0 Å². The van der Waals surface area contributed by atoms with Gasteiger partial charge < -0.3 is 5.32 Å². The van der Waals surface area contributed by atoms with E-state index in [9.17, 15) is 22.0 Å². The number of alkyl halides is 2. The number of aryl methyl sites for hydroxylation is 1. The van der Waals surface area contributed by atoms with E-state index >= 15 is 0 Å². The van der Waals surface area contributed by atoms with Crippen LogP contribution in [0.15, 0.2) is 59.5 Å². The monoisotopic (exact) mass is 351 g/mol. The van der Waals surface area contributed by atoms with Gasteiger partial charge >= 0.3 is 5.76 Å². The summed E-state index contributed by atoms with van der Waals surface area (Å²) < 4.78 is 48.7. The third-order valence-corrected chi connectivity index (χ3v) is 4.59. The number of hydrogen-bond acceptors (Lipinski definition) is 3. The van der Waals surface area contributed by atoms with Crippen LogP contribution in [0.25, 0.3) is 6.08 Å². The molecule has 2 rings (SSSR count). The quantitative estimate of drug-likeness (QED) is 0.837. The van der Waals surface area contributed by atoms with Crippen molar-refractivity contribution in [2.24, 2.45) is 0 Å². The summed E-state index contributed by atoms with van der Waals surface area (Å²) in [6, 6.07) is 12.4. The number of para-hydroxylation sites is 1. The van der Waals surface area contributed by atoms with Gasteiger partial charge in [-0.15, -0.1) is 0 Å². The van der Waals surface area contributed by atoms with E-state index in [1.54, 1.807) is 12.1 Å². The molecule has 0 spiro atoms. The smallest absolute Gasteiger partial charge is 0.321 e. The van der Waals surface area contributed by atoms with Crippen LogP contribution >= 0.6 is 0 Å². The standard InChI is InChI=1S/C17H15F2NO3S/c1-12-5-4-6-13(11-12)9-10-16(21)20-14-7-2-3-8-15(14)24(22,23)17(18)19/h2-11,17H,1H3,(H,20,21)/b10-9+. The van der Waals surface area contributed by atoms with Gasteiger partial charge in [0, 0.05) is 6.08 Å². The second-order valence-electron chi connectivity index (χ2n) is 5.04. The molecule has 0 aliphatic rings. The third-order valence-electron chi connectivity index (χ3n) is 3.16. The summed E-state index contributed by atoms with van der Waals surface area (Å²) in [7, 11) is -4.80. The van der Waals surface area contributed by atoms with Gasteiger partial charge in [0.1, 0.15) is 0 Å². The van der Waals surface area contributed by atoms with Crippen molar-refractivity contribution in [3.63, 3.8) is 0 Å². The Labute approximate surface area is 138 Å². The van der Waals surface area contributed by atoms with E-state index in [1.165, 1.54) is 24.3 Å². The Hall–Kier alpha value is -2.54. The molecule has 0 saturated carbocycles. The van der Waals surface area contributed by atoms with Crippen LogP contribution in [-0.2, 0) is 14.6 Å². The summed E-state index contributed by atoms with van der Waals surface area (Å²) >= 11 is 0. The number of halogens is 2. The second kappa shape index (κ2) is 7.35.